The third kappa shape index (κ3) is 3.25. The summed E-state index contributed by atoms with van der Waals surface area (Å²) < 4.78 is 5.17. The number of aliphatic hydroxyl groups is 1. The Balaban J connectivity index is 1.97. The van der Waals surface area contributed by atoms with Crippen LogP contribution in [0.1, 0.15) is 0 Å². The van der Waals surface area contributed by atoms with Crippen molar-refractivity contribution in [2.24, 2.45) is 0 Å². The number of hydrogen-bond donors (Lipinski definition) is 1. The second kappa shape index (κ2) is 6.55. The molecule has 0 atom stereocenters. The van der Waals surface area contributed by atoms with Gasteiger partial charge in [-0.1, -0.05) is 6.07 Å². The van der Waals surface area contributed by atoms with E-state index in [4.69, 9.17) is 22.1 Å². The fourth-order valence-electron chi connectivity index (χ4n) is 1.78. The molecule has 1 amide bonds. The summed E-state index contributed by atoms with van der Waals surface area (Å²) in [5.41, 5.74) is 0. The monoisotopic (exact) mass is 281 g/mol. The van der Waals surface area contributed by atoms with Crippen molar-refractivity contribution in [2.45, 2.75) is 0 Å². The summed E-state index contributed by atoms with van der Waals surface area (Å²) in [6, 6.07) is 5.34. The second-order valence-electron chi connectivity index (χ2n) is 3.96. The van der Waals surface area contributed by atoms with Gasteiger partial charge in [0.1, 0.15) is 12.4 Å². The molecule has 0 aliphatic carbocycles. The number of carbonyl (C=O) groups is 1. The number of hydrogen-bond acceptors (Lipinski definition) is 5. The van der Waals surface area contributed by atoms with Gasteiger partial charge in [-0.25, -0.2) is 9.88 Å². The summed E-state index contributed by atoms with van der Waals surface area (Å²) in [5, 5.41) is 9.05. The molecule has 7 heteroatoms. The third-order valence-electron chi connectivity index (χ3n) is 2.66. The Hall–Kier alpha value is -1.57. The number of carbonyl (C=O) groups excluding carboxylic acids is 1. The molecule has 0 saturated carbocycles. The van der Waals surface area contributed by atoms with Crippen molar-refractivity contribution in [3.8, 4) is 0 Å². The van der Waals surface area contributed by atoms with Gasteiger partial charge in [-0.05, 0) is 24.4 Å². The van der Waals surface area contributed by atoms with E-state index in [2.05, 4.69) is 4.98 Å². The summed E-state index contributed by atoms with van der Waals surface area (Å²) in [4.78, 5) is 19.3. The number of anilines is 1. The molecule has 1 fully saturated rings. The number of aromatic nitrogens is 1. The summed E-state index contributed by atoms with van der Waals surface area (Å²) in [7, 11) is 0. The van der Waals surface area contributed by atoms with Crippen molar-refractivity contribution in [1.29, 1.82) is 0 Å². The average Bonchev–Trinajstić information content (AvgIpc) is 2.71. The fraction of sp³-hybridized carbons (Fsp3) is 0.417. The normalized spacial score (nSPS) is 15.4. The van der Waals surface area contributed by atoms with E-state index in [1.807, 2.05) is 6.07 Å². The number of rotatable bonds is 6. The van der Waals surface area contributed by atoms with Crippen LogP contribution in [0, 0.1) is 0 Å². The highest BCUT2D eigenvalue weighted by Crippen LogP contribution is 2.18. The van der Waals surface area contributed by atoms with E-state index in [1.54, 1.807) is 23.2 Å². The highest BCUT2D eigenvalue weighted by atomic mass is 32.1. The SMILES string of the molecule is O=C1CN(CCOCCO)C(=S)N1c1ccccn1. The largest absolute Gasteiger partial charge is 0.394 e. The zero-order chi connectivity index (χ0) is 13.7. The van der Waals surface area contributed by atoms with Gasteiger partial charge < -0.3 is 14.7 Å². The quantitative estimate of drug-likeness (QED) is 0.586. The van der Waals surface area contributed by atoms with Crippen LogP contribution in [0.5, 0.6) is 0 Å². The van der Waals surface area contributed by atoms with Crippen molar-refractivity contribution < 1.29 is 14.6 Å². The molecule has 0 bridgehead atoms. The van der Waals surface area contributed by atoms with Gasteiger partial charge in [0.25, 0.3) is 5.91 Å². The fourth-order valence-corrected chi connectivity index (χ4v) is 2.13. The number of aliphatic hydroxyl groups excluding tert-OH is 1. The molecule has 1 aromatic rings. The first kappa shape index (κ1) is 13.9. The molecular weight excluding hydrogens is 266 g/mol. The lowest BCUT2D eigenvalue weighted by Gasteiger charge is -2.19. The summed E-state index contributed by atoms with van der Waals surface area (Å²) in [5.74, 6) is 0.446. The molecule has 0 unspecified atom stereocenters. The standard InChI is InChI=1S/C12H15N3O3S/c16-6-8-18-7-5-14-9-11(17)15(12(14)19)10-3-1-2-4-13-10/h1-4,16H,5-9H2. The Kier molecular flexibility index (Phi) is 4.78. The Morgan fingerprint density at radius 3 is 2.95 bits per heavy atom. The molecule has 0 radical (unpaired) electrons. The maximum atomic E-state index is 12.0. The molecule has 0 spiro atoms. The van der Waals surface area contributed by atoms with E-state index in [0.717, 1.165) is 0 Å². The van der Waals surface area contributed by atoms with E-state index < -0.39 is 0 Å². The number of thiocarbonyl (C=S) groups is 1. The second-order valence-corrected chi connectivity index (χ2v) is 4.32. The van der Waals surface area contributed by atoms with E-state index >= 15 is 0 Å². The van der Waals surface area contributed by atoms with Crippen LogP contribution in [0.2, 0.25) is 0 Å². The number of amides is 1. The van der Waals surface area contributed by atoms with Crippen LogP contribution in [-0.2, 0) is 9.53 Å². The minimum Gasteiger partial charge on any atom is -0.394 e. The van der Waals surface area contributed by atoms with Crippen molar-refractivity contribution in [3.05, 3.63) is 24.4 Å². The Morgan fingerprint density at radius 2 is 2.26 bits per heavy atom. The summed E-state index contributed by atoms with van der Waals surface area (Å²) in [6.07, 6.45) is 1.62. The number of pyridine rings is 1. The van der Waals surface area contributed by atoms with E-state index in [1.165, 1.54) is 4.90 Å². The van der Waals surface area contributed by atoms with E-state index in [-0.39, 0.29) is 19.1 Å². The zero-order valence-electron chi connectivity index (χ0n) is 10.4. The summed E-state index contributed by atoms with van der Waals surface area (Å²) >= 11 is 5.29. The van der Waals surface area contributed by atoms with Gasteiger partial charge in [0.2, 0.25) is 0 Å². The Labute approximate surface area is 116 Å². The van der Waals surface area contributed by atoms with Gasteiger partial charge in [0.05, 0.1) is 19.8 Å². The molecule has 1 aliphatic heterocycles. The molecule has 2 heterocycles. The van der Waals surface area contributed by atoms with Crippen LogP contribution in [0.4, 0.5) is 5.82 Å². The van der Waals surface area contributed by atoms with E-state index in [0.29, 0.717) is 30.7 Å². The van der Waals surface area contributed by atoms with Gasteiger partial charge >= 0.3 is 0 Å². The predicted octanol–water partition coefficient (Wildman–Crippen LogP) is 0.0240. The lowest BCUT2D eigenvalue weighted by atomic mass is 10.4. The van der Waals surface area contributed by atoms with Crippen molar-refractivity contribution in [1.82, 2.24) is 9.88 Å². The van der Waals surface area contributed by atoms with Crippen LogP contribution < -0.4 is 4.90 Å². The first-order valence-corrected chi connectivity index (χ1v) is 6.36. The van der Waals surface area contributed by atoms with Crippen molar-refractivity contribution in [2.75, 3.05) is 37.8 Å². The first-order valence-electron chi connectivity index (χ1n) is 5.95. The Bertz CT molecular complexity index is 455. The third-order valence-corrected chi connectivity index (χ3v) is 3.10. The van der Waals surface area contributed by atoms with Gasteiger partial charge in [0, 0.05) is 12.7 Å². The van der Waals surface area contributed by atoms with Crippen LogP contribution >= 0.6 is 12.2 Å². The molecule has 1 saturated heterocycles. The van der Waals surface area contributed by atoms with Crippen molar-refractivity contribution in [3.63, 3.8) is 0 Å². The summed E-state index contributed by atoms with van der Waals surface area (Å²) in [6.45, 7) is 1.46. The topological polar surface area (TPSA) is 65.9 Å². The molecule has 6 nitrogen and oxygen atoms in total. The lowest BCUT2D eigenvalue weighted by molar-refractivity contribution is -0.116. The van der Waals surface area contributed by atoms with Crippen LogP contribution in [-0.4, -0.2) is 58.9 Å². The van der Waals surface area contributed by atoms with Gasteiger partial charge in [0.15, 0.2) is 5.11 Å². The van der Waals surface area contributed by atoms with Crippen LogP contribution in [0.3, 0.4) is 0 Å². The van der Waals surface area contributed by atoms with Gasteiger partial charge in [-0.2, -0.15) is 0 Å². The molecule has 0 aromatic carbocycles. The van der Waals surface area contributed by atoms with Crippen LogP contribution in [0.25, 0.3) is 0 Å². The molecule has 1 N–H and O–H groups in total. The Morgan fingerprint density at radius 1 is 1.42 bits per heavy atom. The molecule has 1 aliphatic rings. The molecular formula is C12H15N3O3S. The van der Waals surface area contributed by atoms with Crippen molar-refractivity contribution >= 4 is 29.1 Å². The maximum Gasteiger partial charge on any atom is 0.254 e. The highest BCUT2D eigenvalue weighted by Gasteiger charge is 2.34. The number of ether oxygens (including phenoxy) is 1. The highest BCUT2D eigenvalue weighted by molar-refractivity contribution is 7.80. The molecule has 1 aromatic heterocycles. The predicted molar refractivity (Wildman–Crippen MR) is 73.8 cm³/mol. The minimum atomic E-state index is -0.0918. The first-order chi connectivity index (χ1) is 9.24. The van der Waals surface area contributed by atoms with Crippen LogP contribution in [0.15, 0.2) is 24.4 Å². The van der Waals surface area contributed by atoms with Gasteiger partial charge in [-0.15, -0.1) is 0 Å². The minimum absolute atomic E-state index is 0.0105. The average molecular weight is 281 g/mol. The smallest absolute Gasteiger partial charge is 0.254 e. The van der Waals surface area contributed by atoms with Gasteiger partial charge in [-0.3, -0.25) is 4.79 Å². The number of nitrogens with zero attached hydrogens (tertiary/aromatic N) is 3. The molecule has 19 heavy (non-hydrogen) atoms. The zero-order valence-corrected chi connectivity index (χ0v) is 11.2. The molecule has 102 valence electrons. The lowest BCUT2D eigenvalue weighted by Crippen LogP contribution is -2.34. The maximum absolute atomic E-state index is 12.0. The van der Waals surface area contributed by atoms with E-state index in [9.17, 15) is 4.79 Å². The molecule has 2 rings (SSSR count).